The van der Waals surface area contributed by atoms with Crippen molar-refractivity contribution in [3.63, 3.8) is 0 Å². The summed E-state index contributed by atoms with van der Waals surface area (Å²) in [7, 11) is 0. The Hall–Kier alpha value is -4.84. The highest BCUT2D eigenvalue weighted by Crippen LogP contribution is 2.32. The molecule has 0 atom stereocenters. The van der Waals surface area contributed by atoms with Gasteiger partial charge in [-0.3, -0.25) is 15.5 Å². The van der Waals surface area contributed by atoms with Crippen LogP contribution in [0.2, 0.25) is 5.02 Å². The summed E-state index contributed by atoms with van der Waals surface area (Å²) in [5.74, 6) is 1.38. The van der Waals surface area contributed by atoms with Gasteiger partial charge in [-0.1, -0.05) is 17.7 Å². The first kappa shape index (κ1) is 22.9. The first-order valence-electron chi connectivity index (χ1n) is 10.6. The number of nitro benzene ring substituents is 1. The number of anilines is 3. The molecule has 0 aliphatic rings. The molecule has 3 heterocycles. The van der Waals surface area contributed by atoms with Gasteiger partial charge in [-0.2, -0.15) is 10.1 Å². The third-order valence-corrected chi connectivity index (χ3v) is 5.63. The van der Waals surface area contributed by atoms with Gasteiger partial charge in [-0.05, 0) is 65.6 Å². The van der Waals surface area contributed by atoms with Crippen LogP contribution in [-0.2, 0) is 0 Å². The minimum absolute atomic E-state index is 0.0946. The van der Waals surface area contributed by atoms with Gasteiger partial charge in [0.05, 0.1) is 16.2 Å². The van der Waals surface area contributed by atoms with Crippen molar-refractivity contribution in [2.45, 2.75) is 13.8 Å². The van der Waals surface area contributed by atoms with E-state index in [9.17, 15) is 10.1 Å². The maximum Gasteiger partial charge on any atom is 0.270 e. The Morgan fingerprint density at radius 1 is 1.00 bits per heavy atom. The minimum Gasteiger partial charge on any atom is -0.455 e. The lowest BCUT2D eigenvalue weighted by Crippen LogP contribution is -2.03. The molecule has 0 saturated carbocycles. The number of non-ortho nitro benzene ring substituents is 1. The number of furan rings is 1. The summed E-state index contributed by atoms with van der Waals surface area (Å²) >= 11 is 6.20. The minimum atomic E-state index is -0.499. The summed E-state index contributed by atoms with van der Waals surface area (Å²) in [6, 6.07) is 13.3. The molecule has 0 amide bonds. The Labute approximate surface area is 208 Å². The number of hydrogen-bond donors (Lipinski definition) is 2. The highest BCUT2D eigenvalue weighted by molar-refractivity contribution is 6.33. The molecular formula is C23H17ClN8O4. The lowest BCUT2D eigenvalue weighted by Gasteiger charge is -2.10. The van der Waals surface area contributed by atoms with Gasteiger partial charge in [0, 0.05) is 23.4 Å². The molecule has 0 bridgehead atoms. The van der Waals surface area contributed by atoms with Crippen LogP contribution in [0.4, 0.5) is 23.0 Å². The fourth-order valence-electron chi connectivity index (χ4n) is 3.30. The average Bonchev–Trinajstić information content (AvgIpc) is 3.51. The van der Waals surface area contributed by atoms with Gasteiger partial charge in [0.1, 0.15) is 11.5 Å². The molecule has 36 heavy (non-hydrogen) atoms. The van der Waals surface area contributed by atoms with Crippen molar-refractivity contribution in [1.82, 2.24) is 20.3 Å². The van der Waals surface area contributed by atoms with Crippen LogP contribution in [0.3, 0.4) is 0 Å². The van der Waals surface area contributed by atoms with Crippen molar-refractivity contribution in [2.75, 3.05) is 10.7 Å². The predicted octanol–water partition coefficient (Wildman–Crippen LogP) is 5.64. The van der Waals surface area contributed by atoms with Crippen LogP contribution in [0.15, 0.2) is 62.7 Å². The quantitative estimate of drug-likeness (QED) is 0.161. The molecule has 0 radical (unpaired) electrons. The molecular weight excluding hydrogens is 488 g/mol. The molecule has 0 saturated heterocycles. The Kier molecular flexibility index (Phi) is 6.00. The van der Waals surface area contributed by atoms with E-state index in [1.54, 1.807) is 12.1 Å². The van der Waals surface area contributed by atoms with Crippen LogP contribution in [0.25, 0.3) is 22.6 Å². The van der Waals surface area contributed by atoms with E-state index in [1.165, 1.54) is 24.4 Å². The van der Waals surface area contributed by atoms with Crippen molar-refractivity contribution < 1.29 is 14.0 Å². The third kappa shape index (κ3) is 4.70. The molecule has 0 aliphatic carbocycles. The number of nitrogens with zero attached hydrogens (tertiary/aromatic N) is 6. The third-order valence-electron chi connectivity index (χ3n) is 5.30. The van der Waals surface area contributed by atoms with E-state index in [2.05, 4.69) is 36.1 Å². The van der Waals surface area contributed by atoms with Gasteiger partial charge in [-0.25, -0.2) is 9.61 Å². The Morgan fingerprint density at radius 2 is 1.78 bits per heavy atom. The Morgan fingerprint density at radius 3 is 2.53 bits per heavy atom. The number of benzene rings is 2. The Balaban J connectivity index is 1.39. The van der Waals surface area contributed by atoms with Crippen molar-refractivity contribution in [1.29, 1.82) is 0 Å². The van der Waals surface area contributed by atoms with E-state index in [0.29, 0.717) is 27.9 Å². The Bertz CT molecular complexity index is 1630. The average molecular weight is 505 g/mol. The maximum absolute atomic E-state index is 11.1. The summed E-state index contributed by atoms with van der Waals surface area (Å²) in [5, 5.41) is 26.3. The van der Waals surface area contributed by atoms with Crippen LogP contribution in [0, 0.1) is 24.0 Å². The van der Waals surface area contributed by atoms with Gasteiger partial charge in [0.2, 0.25) is 11.3 Å². The number of aromatic nitrogens is 4. The lowest BCUT2D eigenvalue weighted by molar-refractivity contribution is -0.384. The number of halogens is 1. The molecule has 5 rings (SSSR count). The van der Waals surface area contributed by atoms with Crippen LogP contribution in [0.1, 0.15) is 16.9 Å². The topological polar surface area (TPSA) is 157 Å². The zero-order valence-corrected chi connectivity index (χ0v) is 19.6. The van der Waals surface area contributed by atoms with Crippen LogP contribution in [0.5, 0.6) is 0 Å². The molecule has 2 N–H and O–H groups in total. The predicted molar refractivity (Wildman–Crippen MR) is 134 cm³/mol. The molecule has 2 aromatic carbocycles. The number of aryl methyl sites for hydroxylation is 2. The number of nitrogens with one attached hydrogen (secondary N) is 2. The summed E-state index contributed by atoms with van der Waals surface area (Å²) in [4.78, 5) is 19.4. The van der Waals surface area contributed by atoms with E-state index in [4.69, 9.17) is 20.6 Å². The largest absolute Gasteiger partial charge is 0.455 e. The van der Waals surface area contributed by atoms with E-state index < -0.39 is 4.92 Å². The van der Waals surface area contributed by atoms with Crippen LogP contribution in [-0.4, -0.2) is 31.4 Å². The first-order chi connectivity index (χ1) is 17.4. The van der Waals surface area contributed by atoms with Gasteiger partial charge >= 0.3 is 0 Å². The first-order valence-corrected chi connectivity index (χ1v) is 10.9. The number of hydrazone groups is 1. The lowest BCUT2D eigenvalue weighted by atomic mass is 10.1. The number of fused-ring (bicyclic) bond motifs is 1. The summed E-state index contributed by atoms with van der Waals surface area (Å²) < 4.78 is 10.5. The molecule has 13 heteroatoms. The number of rotatable bonds is 7. The molecule has 3 aromatic heterocycles. The van der Waals surface area contributed by atoms with Gasteiger partial charge < -0.3 is 9.73 Å². The smallest absolute Gasteiger partial charge is 0.270 e. The second-order valence-corrected chi connectivity index (χ2v) is 8.16. The maximum atomic E-state index is 11.1. The van der Waals surface area contributed by atoms with Gasteiger partial charge in [0.25, 0.3) is 5.69 Å². The zero-order chi connectivity index (χ0) is 25.2. The van der Waals surface area contributed by atoms with Crippen molar-refractivity contribution in [3.8, 4) is 11.3 Å². The van der Waals surface area contributed by atoms with Gasteiger partial charge in [0.15, 0.2) is 11.6 Å². The highest BCUT2D eigenvalue weighted by atomic mass is 35.5. The van der Waals surface area contributed by atoms with E-state index in [0.717, 1.165) is 16.8 Å². The monoisotopic (exact) mass is 504 g/mol. The summed E-state index contributed by atoms with van der Waals surface area (Å²) in [6.45, 7) is 4.04. The number of nitro groups is 1. The second kappa shape index (κ2) is 9.43. The van der Waals surface area contributed by atoms with E-state index in [-0.39, 0.29) is 22.8 Å². The van der Waals surface area contributed by atoms with Crippen LogP contribution < -0.4 is 10.7 Å². The highest BCUT2D eigenvalue weighted by Gasteiger charge is 2.15. The summed E-state index contributed by atoms with van der Waals surface area (Å²) in [5.41, 5.74) is 6.65. The SMILES string of the molecule is Cc1ccc(Nc2nc3nonc3nc2N/N=C\c2ccc(-c3cc([N+](=O)[O-])ccc3Cl)o2)cc1C. The molecule has 180 valence electrons. The van der Waals surface area contributed by atoms with Gasteiger partial charge in [-0.15, -0.1) is 0 Å². The van der Waals surface area contributed by atoms with Crippen molar-refractivity contribution in [2.24, 2.45) is 5.10 Å². The second-order valence-electron chi connectivity index (χ2n) is 7.75. The molecule has 0 unspecified atom stereocenters. The standard InChI is InChI=1S/C23H17ClN8O4/c1-12-3-4-14(9-13(12)2)26-20-21(28-23-22(27-20)30-36-31-23)29-25-11-16-6-8-19(35-16)17-10-15(32(33)34)5-7-18(17)24/h3-11H,1-2H3,(H,26,27,30)(H,28,29,31)/b25-11-. The molecule has 5 aromatic rings. The molecule has 0 fully saturated rings. The van der Waals surface area contributed by atoms with E-state index >= 15 is 0 Å². The molecule has 0 aliphatic heterocycles. The van der Waals surface area contributed by atoms with Crippen molar-refractivity contribution >= 4 is 52.1 Å². The molecule has 0 spiro atoms. The normalized spacial score (nSPS) is 11.3. The fraction of sp³-hybridized carbons (Fsp3) is 0.0870. The van der Waals surface area contributed by atoms with E-state index in [1.807, 2.05) is 32.0 Å². The van der Waals surface area contributed by atoms with Crippen LogP contribution >= 0.6 is 11.6 Å². The number of hydrogen-bond acceptors (Lipinski definition) is 11. The molecule has 12 nitrogen and oxygen atoms in total. The zero-order valence-electron chi connectivity index (χ0n) is 18.9. The summed E-state index contributed by atoms with van der Waals surface area (Å²) in [6.07, 6.45) is 1.42. The fourth-order valence-corrected chi connectivity index (χ4v) is 3.51. The van der Waals surface area contributed by atoms with Crippen molar-refractivity contribution in [3.05, 3.63) is 80.6 Å².